The van der Waals surface area contributed by atoms with Crippen molar-refractivity contribution in [1.29, 1.82) is 0 Å². The Morgan fingerprint density at radius 2 is 2.21 bits per heavy atom. The Kier molecular flexibility index (Phi) is 4.08. The van der Waals surface area contributed by atoms with E-state index in [1.165, 1.54) is 6.07 Å². The fraction of sp³-hybridized carbons (Fsp3) is 0.231. The van der Waals surface area contributed by atoms with E-state index in [-0.39, 0.29) is 17.7 Å². The zero-order valence-electron chi connectivity index (χ0n) is 10.6. The van der Waals surface area contributed by atoms with Crippen molar-refractivity contribution in [2.75, 3.05) is 5.32 Å². The molecule has 1 heterocycles. The molecule has 1 amide bonds. The number of carbonyl (C=O) groups is 1. The molecule has 0 aliphatic rings. The van der Waals surface area contributed by atoms with Gasteiger partial charge in [0.25, 0.3) is 5.91 Å². The quantitative estimate of drug-likeness (QED) is 0.816. The van der Waals surface area contributed by atoms with Gasteiger partial charge in [-0.05, 0) is 54.6 Å². The van der Waals surface area contributed by atoms with Crippen LogP contribution in [0.15, 0.2) is 30.6 Å². The highest BCUT2D eigenvalue weighted by Gasteiger charge is 2.10. The molecule has 0 unspecified atom stereocenters. The van der Waals surface area contributed by atoms with Gasteiger partial charge in [-0.1, -0.05) is 0 Å². The van der Waals surface area contributed by atoms with Crippen LogP contribution in [0.4, 0.5) is 5.69 Å². The Balaban J connectivity index is 2.13. The summed E-state index contributed by atoms with van der Waals surface area (Å²) >= 11 is 2.00. The second kappa shape index (κ2) is 5.60. The highest BCUT2D eigenvalue weighted by Crippen LogP contribution is 2.21. The summed E-state index contributed by atoms with van der Waals surface area (Å²) in [5.41, 5.74) is 1.05. The molecule has 0 saturated heterocycles. The molecule has 2 rings (SSSR count). The molecular formula is C13H14IN3O2. The number of halogens is 1. The van der Waals surface area contributed by atoms with E-state index in [9.17, 15) is 9.90 Å². The fourth-order valence-corrected chi connectivity index (χ4v) is 1.88. The summed E-state index contributed by atoms with van der Waals surface area (Å²) in [6.07, 6.45) is 3.37. The molecule has 2 aromatic rings. The van der Waals surface area contributed by atoms with E-state index in [0.29, 0.717) is 14.8 Å². The number of amides is 1. The summed E-state index contributed by atoms with van der Waals surface area (Å²) in [6.45, 7) is 4.02. The van der Waals surface area contributed by atoms with Crippen LogP contribution in [0.2, 0.25) is 0 Å². The number of anilines is 1. The number of hydrogen-bond donors (Lipinski definition) is 2. The first kappa shape index (κ1) is 13.9. The number of aromatic nitrogens is 2. The molecular weight excluding hydrogens is 357 g/mol. The summed E-state index contributed by atoms with van der Waals surface area (Å²) in [6, 6.07) is 5.06. The van der Waals surface area contributed by atoms with E-state index < -0.39 is 0 Å². The smallest absolute Gasteiger partial charge is 0.255 e. The summed E-state index contributed by atoms with van der Waals surface area (Å²) in [7, 11) is 0. The third kappa shape index (κ3) is 3.25. The Morgan fingerprint density at radius 3 is 2.79 bits per heavy atom. The van der Waals surface area contributed by atoms with Crippen molar-refractivity contribution in [3.63, 3.8) is 0 Å². The molecule has 19 heavy (non-hydrogen) atoms. The van der Waals surface area contributed by atoms with Crippen LogP contribution in [-0.4, -0.2) is 20.8 Å². The molecule has 1 aromatic carbocycles. The lowest BCUT2D eigenvalue weighted by Crippen LogP contribution is -2.11. The number of nitrogens with zero attached hydrogens (tertiary/aromatic N) is 2. The molecule has 2 N–H and O–H groups in total. The lowest BCUT2D eigenvalue weighted by Gasteiger charge is -2.05. The van der Waals surface area contributed by atoms with Crippen molar-refractivity contribution >= 4 is 34.2 Å². The first-order chi connectivity index (χ1) is 8.97. The van der Waals surface area contributed by atoms with Crippen molar-refractivity contribution < 1.29 is 9.90 Å². The minimum absolute atomic E-state index is 0.103. The van der Waals surface area contributed by atoms with Crippen LogP contribution in [0.3, 0.4) is 0 Å². The number of phenols is 1. The predicted octanol–water partition coefficient (Wildman–Crippen LogP) is 3.03. The van der Waals surface area contributed by atoms with Gasteiger partial charge in [0.05, 0.1) is 15.5 Å². The van der Waals surface area contributed by atoms with Crippen molar-refractivity contribution in [3.8, 4) is 5.75 Å². The van der Waals surface area contributed by atoms with Crippen LogP contribution in [-0.2, 0) is 0 Å². The van der Waals surface area contributed by atoms with E-state index in [1.54, 1.807) is 29.2 Å². The lowest BCUT2D eigenvalue weighted by molar-refractivity contribution is 0.102. The van der Waals surface area contributed by atoms with Crippen LogP contribution in [0.5, 0.6) is 5.75 Å². The summed E-state index contributed by atoms with van der Waals surface area (Å²) in [4.78, 5) is 12.0. The molecule has 0 spiro atoms. The van der Waals surface area contributed by atoms with Gasteiger partial charge in [-0.25, -0.2) is 0 Å². The van der Waals surface area contributed by atoms with Crippen LogP contribution >= 0.6 is 22.6 Å². The van der Waals surface area contributed by atoms with E-state index in [1.807, 2.05) is 36.4 Å². The topological polar surface area (TPSA) is 67.2 Å². The van der Waals surface area contributed by atoms with E-state index >= 15 is 0 Å². The molecule has 0 bridgehead atoms. The Bertz CT molecular complexity index is 608. The summed E-state index contributed by atoms with van der Waals surface area (Å²) in [5, 5.41) is 16.5. The number of nitrogens with one attached hydrogen (secondary N) is 1. The number of aromatic hydroxyl groups is 1. The Morgan fingerprint density at radius 1 is 1.47 bits per heavy atom. The monoisotopic (exact) mass is 371 g/mol. The maximum Gasteiger partial charge on any atom is 0.255 e. The maximum atomic E-state index is 12.0. The third-order valence-corrected chi connectivity index (χ3v) is 3.51. The zero-order valence-corrected chi connectivity index (χ0v) is 12.7. The minimum atomic E-state index is -0.269. The number of rotatable bonds is 3. The van der Waals surface area contributed by atoms with Crippen molar-refractivity contribution in [1.82, 2.24) is 9.78 Å². The highest BCUT2D eigenvalue weighted by atomic mass is 127. The molecule has 6 heteroatoms. The predicted molar refractivity (Wildman–Crippen MR) is 81.4 cm³/mol. The lowest BCUT2D eigenvalue weighted by atomic mass is 10.2. The number of carbonyl (C=O) groups excluding carboxylic acids is 1. The maximum absolute atomic E-state index is 12.0. The zero-order chi connectivity index (χ0) is 14.0. The summed E-state index contributed by atoms with van der Waals surface area (Å²) < 4.78 is 2.47. The van der Waals surface area contributed by atoms with Gasteiger partial charge in [-0.2, -0.15) is 5.10 Å². The molecule has 0 atom stereocenters. The van der Waals surface area contributed by atoms with Crippen LogP contribution in [0.1, 0.15) is 30.2 Å². The standard InChI is InChI=1S/C13H14IN3O2/c1-8(2)17-7-10(6-15-17)16-13(19)9-3-4-11(14)12(18)5-9/h3-8,18H,1-2H3,(H,16,19). The minimum Gasteiger partial charge on any atom is -0.507 e. The molecule has 1 aromatic heterocycles. The molecule has 0 saturated carbocycles. The molecule has 5 nitrogen and oxygen atoms in total. The second-order valence-corrected chi connectivity index (χ2v) is 5.59. The van der Waals surface area contributed by atoms with Gasteiger partial charge < -0.3 is 10.4 Å². The van der Waals surface area contributed by atoms with Gasteiger partial charge in [0.2, 0.25) is 0 Å². The first-order valence-electron chi connectivity index (χ1n) is 5.81. The third-order valence-electron chi connectivity index (χ3n) is 2.60. The number of phenolic OH excluding ortho intramolecular Hbond substituents is 1. The van der Waals surface area contributed by atoms with Gasteiger partial charge in [0.1, 0.15) is 5.75 Å². The van der Waals surface area contributed by atoms with Gasteiger partial charge in [0, 0.05) is 17.8 Å². The van der Waals surface area contributed by atoms with E-state index in [2.05, 4.69) is 10.4 Å². The van der Waals surface area contributed by atoms with Gasteiger partial charge in [-0.15, -0.1) is 0 Å². The normalized spacial score (nSPS) is 10.7. The SMILES string of the molecule is CC(C)n1cc(NC(=O)c2ccc(I)c(O)c2)cn1. The molecule has 0 fully saturated rings. The molecule has 0 aliphatic carbocycles. The van der Waals surface area contributed by atoms with Gasteiger partial charge in [0.15, 0.2) is 0 Å². The fourth-order valence-electron chi connectivity index (χ4n) is 1.54. The average Bonchev–Trinajstić information content (AvgIpc) is 2.81. The number of benzene rings is 1. The van der Waals surface area contributed by atoms with Crippen molar-refractivity contribution in [2.45, 2.75) is 19.9 Å². The van der Waals surface area contributed by atoms with Gasteiger partial charge >= 0.3 is 0 Å². The Hall–Kier alpha value is -1.57. The van der Waals surface area contributed by atoms with Gasteiger partial charge in [-0.3, -0.25) is 9.48 Å². The summed E-state index contributed by atoms with van der Waals surface area (Å²) in [5.74, 6) is -0.166. The Labute approximate surface area is 124 Å². The number of hydrogen-bond acceptors (Lipinski definition) is 3. The van der Waals surface area contributed by atoms with Crippen LogP contribution in [0.25, 0.3) is 0 Å². The molecule has 0 aliphatic heterocycles. The molecule has 0 radical (unpaired) electrons. The van der Waals surface area contributed by atoms with E-state index in [4.69, 9.17) is 0 Å². The van der Waals surface area contributed by atoms with Crippen LogP contribution < -0.4 is 5.32 Å². The first-order valence-corrected chi connectivity index (χ1v) is 6.89. The van der Waals surface area contributed by atoms with E-state index in [0.717, 1.165) is 0 Å². The molecule has 100 valence electrons. The van der Waals surface area contributed by atoms with Crippen molar-refractivity contribution in [3.05, 3.63) is 39.7 Å². The average molecular weight is 371 g/mol. The van der Waals surface area contributed by atoms with Crippen LogP contribution in [0, 0.1) is 3.57 Å². The second-order valence-electron chi connectivity index (χ2n) is 4.42. The highest BCUT2D eigenvalue weighted by molar-refractivity contribution is 14.1. The van der Waals surface area contributed by atoms with Crippen molar-refractivity contribution in [2.24, 2.45) is 0 Å². The largest absolute Gasteiger partial charge is 0.507 e.